The van der Waals surface area contributed by atoms with Crippen LogP contribution < -0.4 is 14.8 Å². The molecule has 1 rings (SSSR count). The second kappa shape index (κ2) is 7.67. The fourth-order valence-corrected chi connectivity index (χ4v) is 1.26. The molecule has 1 heterocycles. The van der Waals surface area contributed by atoms with Gasteiger partial charge < -0.3 is 19.5 Å². The molecule has 1 aromatic heterocycles. The van der Waals surface area contributed by atoms with E-state index in [4.69, 9.17) is 14.2 Å². The lowest BCUT2D eigenvalue weighted by Gasteiger charge is -2.08. The van der Waals surface area contributed by atoms with Gasteiger partial charge in [0.15, 0.2) is 0 Å². The number of methoxy groups -OCH3 is 3. The van der Waals surface area contributed by atoms with E-state index in [2.05, 4.69) is 15.3 Å². The van der Waals surface area contributed by atoms with Crippen molar-refractivity contribution in [3.05, 3.63) is 6.07 Å². The summed E-state index contributed by atoms with van der Waals surface area (Å²) in [6, 6.07) is 1.64. The molecule has 6 nitrogen and oxygen atoms in total. The molecule has 0 radical (unpaired) electrons. The van der Waals surface area contributed by atoms with Crippen LogP contribution in [0.25, 0.3) is 0 Å². The monoisotopic (exact) mass is 241 g/mol. The molecule has 6 heteroatoms. The van der Waals surface area contributed by atoms with Crippen LogP contribution in [0.4, 0.5) is 5.95 Å². The number of nitrogens with one attached hydrogen (secondary N) is 1. The Morgan fingerprint density at radius 2 is 1.71 bits per heavy atom. The van der Waals surface area contributed by atoms with Crippen LogP contribution in [-0.4, -0.2) is 44.4 Å². The van der Waals surface area contributed by atoms with Crippen LogP contribution in [0.2, 0.25) is 0 Å². The first-order chi connectivity index (χ1) is 8.30. The highest BCUT2D eigenvalue weighted by atomic mass is 16.5. The lowest BCUT2D eigenvalue weighted by atomic mass is 10.3. The number of anilines is 1. The molecule has 0 aromatic carbocycles. The van der Waals surface area contributed by atoms with E-state index in [0.717, 1.165) is 26.0 Å². The van der Waals surface area contributed by atoms with Gasteiger partial charge in [-0.05, 0) is 12.8 Å². The zero-order valence-electron chi connectivity index (χ0n) is 10.5. The summed E-state index contributed by atoms with van der Waals surface area (Å²) in [6.45, 7) is 1.56. The van der Waals surface area contributed by atoms with E-state index in [1.807, 2.05) is 0 Å². The minimum absolute atomic E-state index is 0.483. The SMILES string of the molecule is COCCCCNc1nc(OC)cc(OC)n1. The fraction of sp³-hybridized carbons (Fsp3) is 0.636. The molecule has 1 aromatic rings. The summed E-state index contributed by atoms with van der Waals surface area (Å²) >= 11 is 0. The molecule has 17 heavy (non-hydrogen) atoms. The highest BCUT2D eigenvalue weighted by Crippen LogP contribution is 2.17. The Kier molecular flexibility index (Phi) is 6.09. The number of unbranched alkanes of at least 4 members (excludes halogenated alkanes) is 1. The third kappa shape index (κ3) is 4.86. The third-order valence-electron chi connectivity index (χ3n) is 2.16. The minimum Gasteiger partial charge on any atom is -0.481 e. The summed E-state index contributed by atoms with van der Waals surface area (Å²) in [6.07, 6.45) is 2.00. The summed E-state index contributed by atoms with van der Waals surface area (Å²) in [5.74, 6) is 1.48. The van der Waals surface area contributed by atoms with Gasteiger partial charge in [0.25, 0.3) is 0 Å². The van der Waals surface area contributed by atoms with E-state index >= 15 is 0 Å². The molecule has 96 valence electrons. The molecule has 0 fully saturated rings. The number of hydrogen-bond donors (Lipinski definition) is 1. The van der Waals surface area contributed by atoms with Crippen LogP contribution >= 0.6 is 0 Å². The largest absolute Gasteiger partial charge is 0.481 e. The second-order valence-corrected chi connectivity index (χ2v) is 3.40. The van der Waals surface area contributed by atoms with E-state index in [9.17, 15) is 0 Å². The highest BCUT2D eigenvalue weighted by Gasteiger charge is 2.04. The molecule has 0 spiro atoms. The van der Waals surface area contributed by atoms with Crippen molar-refractivity contribution in [1.82, 2.24) is 9.97 Å². The van der Waals surface area contributed by atoms with E-state index in [1.165, 1.54) is 0 Å². The summed E-state index contributed by atoms with van der Waals surface area (Å²) in [5.41, 5.74) is 0. The Morgan fingerprint density at radius 1 is 1.06 bits per heavy atom. The predicted octanol–water partition coefficient (Wildman–Crippen LogP) is 1.33. The second-order valence-electron chi connectivity index (χ2n) is 3.40. The van der Waals surface area contributed by atoms with Gasteiger partial charge in [-0.2, -0.15) is 9.97 Å². The van der Waals surface area contributed by atoms with Crippen LogP contribution in [0.5, 0.6) is 11.8 Å². The van der Waals surface area contributed by atoms with Crippen molar-refractivity contribution in [2.75, 3.05) is 39.8 Å². The quantitative estimate of drug-likeness (QED) is 0.693. The standard InChI is InChI=1S/C11H19N3O3/c1-15-7-5-4-6-12-11-13-9(16-2)8-10(14-11)17-3/h8H,4-7H2,1-3H3,(H,12,13,14). The fourth-order valence-electron chi connectivity index (χ4n) is 1.26. The first kappa shape index (κ1) is 13.5. The molecule has 0 aliphatic carbocycles. The predicted molar refractivity (Wildman–Crippen MR) is 64.7 cm³/mol. The molecule has 0 atom stereocenters. The Morgan fingerprint density at radius 3 is 2.24 bits per heavy atom. The first-order valence-corrected chi connectivity index (χ1v) is 5.50. The number of aromatic nitrogens is 2. The molecule has 0 bridgehead atoms. The Hall–Kier alpha value is -1.56. The molecule has 0 saturated heterocycles. The van der Waals surface area contributed by atoms with E-state index in [-0.39, 0.29) is 0 Å². The van der Waals surface area contributed by atoms with Gasteiger partial charge in [0.1, 0.15) is 0 Å². The van der Waals surface area contributed by atoms with Gasteiger partial charge in [-0.3, -0.25) is 0 Å². The first-order valence-electron chi connectivity index (χ1n) is 5.50. The molecule has 0 amide bonds. The van der Waals surface area contributed by atoms with Crippen molar-refractivity contribution in [3.8, 4) is 11.8 Å². The number of nitrogens with zero attached hydrogens (tertiary/aromatic N) is 2. The van der Waals surface area contributed by atoms with Crippen molar-refractivity contribution in [1.29, 1.82) is 0 Å². The van der Waals surface area contributed by atoms with Crippen molar-refractivity contribution in [2.45, 2.75) is 12.8 Å². The van der Waals surface area contributed by atoms with Crippen molar-refractivity contribution in [3.63, 3.8) is 0 Å². The van der Waals surface area contributed by atoms with Gasteiger partial charge in [-0.15, -0.1) is 0 Å². The zero-order valence-corrected chi connectivity index (χ0v) is 10.5. The lowest BCUT2D eigenvalue weighted by Crippen LogP contribution is -2.07. The van der Waals surface area contributed by atoms with Gasteiger partial charge in [0.2, 0.25) is 17.7 Å². The van der Waals surface area contributed by atoms with Gasteiger partial charge in [0.05, 0.1) is 20.3 Å². The van der Waals surface area contributed by atoms with Crippen LogP contribution in [-0.2, 0) is 4.74 Å². The van der Waals surface area contributed by atoms with E-state index in [1.54, 1.807) is 27.4 Å². The zero-order chi connectivity index (χ0) is 12.5. The maximum atomic E-state index is 5.05. The van der Waals surface area contributed by atoms with Crippen molar-refractivity contribution < 1.29 is 14.2 Å². The average molecular weight is 241 g/mol. The van der Waals surface area contributed by atoms with Gasteiger partial charge >= 0.3 is 0 Å². The number of ether oxygens (including phenoxy) is 3. The third-order valence-corrected chi connectivity index (χ3v) is 2.16. The minimum atomic E-state index is 0.483. The van der Waals surface area contributed by atoms with Crippen LogP contribution in [0.3, 0.4) is 0 Å². The smallest absolute Gasteiger partial charge is 0.229 e. The maximum Gasteiger partial charge on any atom is 0.229 e. The topological polar surface area (TPSA) is 65.5 Å². The Bertz CT molecular complexity index is 311. The van der Waals surface area contributed by atoms with Crippen molar-refractivity contribution >= 4 is 5.95 Å². The molecule has 0 aliphatic rings. The Balaban J connectivity index is 2.46. The summed E-state index contributed by atoms with van der Waals surface area (Å²) < 4.78 is 15.1. The van der Waals surface area contributed by atoms with Gasteiger partial charge in [-0.25, -0.2) is 0 Å². The van der Waals surface area contributed by atoms with Crippen molar-refractivity contribution in [2.24, 2.45) is 0 Å². The highest BCUT2D eigenvalue weighted by molar-refractivity contribution is 5.33. The van der Waals surface area contributed by atoms with Crippen LogP contribution in [0.1, 0.15) is 12.8 Å². The number of rotatable bonds is 8. The normalized spacial score (nSPS) is 10.1. The maximum absolute atomic E-state index is 5.05. The van der Waals surface area contributed by atoms with E-state index in [0.29, 0.717) is 17.7 Å². The molecule has 0 unspecified atom stereocenters. The lowest BCUT2D eigenvalue weighted by molar-refractivity contribution is 0.193. The number of hydrogen-bond acceptors (Lipinski definition) is 6. The molecular formula is C11H19N3O3. The average Bonchev–Trinajstić information content (AvgIpc) is 2.38. The summed E-state index contributed by atoms with van der Waals surface area (Å²) in [4.78, 5) is 8.32. The van der Waals surface area contributed by atoms with Gasteiger partial charge in [-0.1, -0.05) is 0 Å². The van der Waals surface area contributed by atoms with Gasteiger partial charge in [0, 0.05) is 20.3 Å². The molecule has 0 saturated carbocycles. The summed E-state index contributed by atoms with van der Waals surface area (Å²) in [5, 5.41) is 3.12. The summed E-state index contributed by atoms with van der Waals surface area (Å²) in [7, 11) is 4.82. The molecule has 0 aliphatic heterocycles. The molecule has 1 N–H and O–H groups in total. The molecular weight excluding hydrogens is 222 g/mol. The van der Waals surface area contributed by atoms with E-state index < -0.39 is 0 Å². The Labute approximate surface area is 101 Å². The van der Waals surface area contributed by atoms with Crippen LogP contribution in [0.15, 0.2) is 6.07 Å². The van der Waals surface area contributed by atoms with Crippen LogP contribution in [0, 0.1) is 0 Å².